The second-order valence-corrected chi connectivity index (χ2v) is 5.04. The third-order valence-electron chi connectivity index (χ3n) is 1.24. The number of alkyl halides is 4. The first-order valence-electron chi connectivity index (χ1n) is 3.78. The van der Waals surface area contributed by atoms with E-state index in [0.717, 1.165) is 19.3 Å². The second kappa shape index (κ2) is 6.99. The van der Waals surface area contributed by atoms with Crippen molar-refractivity contribution in [3.63, 3.8) is 0 Å². The van der Waals surface area contributed by atoms with Gasteiger partial charge in [-0.25, -0.2) is 4.79 Å². The number of carbonyl (C=O) groups is 1. The quantitative estimate of drug-likeness (QED) is 0.434. The highest BCUT2D eigenvalue weighted by Gasteiger charge is 2.32. The summed E-state index contributed by atoms with van der Waals surface area (Å²) in [7, 11) is 0. The van der Waals surface area contributed by atoms with Gasteiger partial charge in [0.25, 0.3) is 3.79 Å². The van der Waals surface area contributed by atoms with Gasteiger partial charge in [0, 0.05) is 5.88 Å². The van der Waals surface area contributed by atoms with Crippen LogP contribution in [0.25, 0.3) is 0 Å². The van der Waals surface area contributed by atoms with Gasteiger partial charge in [-0.3, -0.25) is 0 Å². The maximum atomic E-state index is 10.9. The number of esters is 1. The zero-order chi connectivity index (χ0) is 10.3. The lowest BCUT2D eigenvalue weighted by atomic mass is 10.3. The van der Waals surface area contributed by atoms with Gasteiger partial charge in [0.15, 0.2) is 0 Å². The molecule has 0 aromatic carbocycles. The molecule has 0 saturated heterocycles. The summed E-state index contributed by atoms with van der Waals surface area (Å²) in [5, 5.41) is 0. The van der Waals surface area contributed by atoms with Crippen molar-refractivity contribution < 1.29 is 9.53 Å². The fourth-order valence-corrected chi connectivity index (χ4v) is 0.973. The Kier molecular flexibility index (Phi) is 7.33. The minimum atomic E-state index is -1.97. The molecule has 0 atom stereocenters. The molecule has 13 heavy (non-hydrogen) atoms. The summed E-state index contributed by atoms with van der Waals surface area (Å²) in [6.45, 7) is 0.267. The third kappa shape index (κ3) is 7.68. The van der Waals surface area contributed by atoms with Crippen LogP contribution in [0.3, 0.4) is 0 Å². The van der Waals surface area contributed by atoms with Gasteiger partial charge in [0.05, 0.1) is 6.61 Å². The molecule has 0 heterocycles. The summed E-state index contributed by atoms with van der Waals surface area (Å²) in [5.74, 6) is -0.221. The van der Waals surface area contributed by atoms with E-state index in [1.807, 2.05) is 0 Å². The maximum Gasteiger partial charge on any atom is 0.358 e. The summed E-state index contributed by atoms with van der Waals surface area (Å²) in [5.41, 5.74) is 0. The highest BCUT2D eigenvalue weighted by Crippen LogP contribution is 2.27. The average Bonchev–Trinajstić information content (AvgIpc) is 2.02. The lowest BCUT2D eigenvalue weighted by Crippen LogP contribution is -2.22. The highest BCUT2D eigenvalue weighted by atomic mass is 35.6. The van der Waals surface area contributed by atoms with E-state index in [4.69, 9.17) is 46.4 Å². The van der Waals surface area contributed by atoms with Crippen LogP contribution in [0.1, 0.15) is 19.3 Å². The molecule has 0 aliphatic carbocycles. The van der Waals surface area contributed by atoms with E-state index >= 15 is 0 Å². The number of unbranched alkanes of at least 4 members (excludes halogenated alkanes) is 2. The zero-order valence-corrected chi connectivity index (χ0v) is 9.89. The Morgan fingerprint density at radius 3 is 2.23 bits per heavy atom. The molecule has 78 valence electrons. The van der Waals surface area contributed by atoms with Crippen molar-refractivity contribution in [2.24, 2.45) is 0 Å². The highest BCUT2D eigenvalue weighted by molar-refractivity contribution is 6.75. The van der Waals surface area contributed by atoms with Crippen molar-refractivity contribution in [2.75, 3.05) is 12.5 Å². The van der Waals surface area contributed by atoms with Crippen LogP contribution in [0.2, 0.25) is 0 Å². The molecule has 0 aromatic rings. The molecule has 0 unspecified atom stereocenters. The Bertz CT molecular complexity index is 155. The van der Waals surface area contributed by atoms with Crippen molar-refractivity contribution in [2.45, 2.75) is 23.1 Å². The minimum Gasteiger partial charge on any atom is -0.463 e. The van der Waals surface area contributed by atoms with Crippen molar-refractivity contribution in [1.29, 1.82) is 0 Å². The van der Waals surface area contributed by atoms with E-state index in [-0.39, 0.29) is 6.61 Å². The standard InChI is InChI=1S/C7H10Cl4O2/c8-4-2-1-3-5-13-6(12)7(9,10)11/h1-5H2. The molecule has 0 N–H and O–H groups in total. The summed E-state index contributed by atoms with van der Waals surface area (Å²) in [4.78, 5) is 10.9. The topological polar surface area (TPSA) is 26.3 Å². The normalized spacial score (nSPS) is 11.4. The zero-order valence-electron chi connectivity index (χ0n) is 6.86. The van der Waals surface area contributed by atoms with Gasteiger partial charge < -0.3 is 4.74 Å². The first-order chi connectivity index (χ1) is 5.98. The van der Waals surface area contributed by atoms with E-state index in [2.05, 4.69) is 4.74 Å². The molecular formula is C7H10Cl4O2. The monoisotopic (exact) mass is 266 g/mol. The van der Waals surface area contributed by atoms with Gasteiger partial charge in [0.2, 0.25) is 0 Å². The molecule has 0 radical (unpaired) electrons. The fourth-order valence-electron chi connectivity index (χ4n) is 0.620. The molecule has 0 spiro atoms. The summed E-state index contributed by atoms with van der Waals surface area (Å²) in [6.07, 6.45) is 2.53. The van der Waals surface area contributed by atoms with Crippen LogP contribution in [0.4, 0.5) is 0 Å². The van der Waals surface area contributed by atoms with Crippen LogP contribution in [-0.2, 0) is 9.53 Å². The molecule has 0 aromatic heterocycles. The fraction of sp³-hybridized carbons (Fsp3) is 0.857. The Balaban J connectivity index is 3.38. The maximum absolute atomic E-state index is 10.9. The van der Waals surface area contributed by atoms with Gasteiger partial charge in [-0.2, -0.15) is 0 Å². The Hall–Kier alpha value is 0.630. The largest absolute Gasteiger partial charge is 0.463 e. The van der Waals surface area contributed by atoms with E-state index in [1.54, 1.807) is 0 Å². The Labute approximate surface area is 97.4 Å². The number of ether oxygens (including phenoxy) is 1. The number of halogens is 4. The van der Waals surface area contributed by atoms with Crippen molar-refractivity contribution in [3.8, 4) is 0 Å². The Morgan fingerprint density at radius 2 is 1.77 bits per heavy atom. The predicted molar refractivity (Wildman–Crippen MR) is 55.8 cm³/mol. The van der Waals surface area contributed by atoms with Crippen LogP contribution >= 0.6 is 46.4 Å². The lowest BCUT2D eigenvalue weighted by Gasteiger charge is -2.09. The summed E-state index contributed by atoms with van der Waals surface area (Å²) >= 11 is 21.2. The van der Waals surface area contributed by atoms with Gasteiger partial charge in [-0.05, 0) is 19.3 Å². The molecule has 0 aliphatic rings. The number of rotatable bonds is 5. The number of carbonyl (C=O) groups excluding carboxylic acids is 1. The Morgan fingerprint density at radius 1 is 1.15 bits per heavy atom. The molecule has 0 rings (SSSR count). The van der Waals surface area contributed by atoms with E-state index in [0.29, 0.717) is 5.88 Å². The van der Waals surface area contributed by atoms with E-state index < -0.39 is 9.76 Å². The van der Waals surface area contributed by atoms with E-state index in [1.165, 1.54) is 0 Å². The van der Waals surface area contributed by atoms with Crippen molar-refractivity contribution in [1.82, 2.24) is 0 Å². The molecular weight excluding hydrogens is 258 g/mol. The van der Waals surface area contributed by atoms with Crippen LogP contribution in [0, 0.1) is 0 Å². The van der Waals surface area contributed by atoms with Crippen LogP contribution in [0.15, 0.2) is 0 Å². The SMILES string of the molecule is O=C(OCCCCCCl)C(Cl)(Cl)Cl. The molecule has 2 nitrogen and oxygen atoms in total. The van der Waals surface area contributed by atoms with Gasteiger partial charge in [-0.15, -0.1) is 11.6 Å². The summed E-state index contributed by atoms with van der Waals surface area (Å²) < 4.78 is 2.71. The van der Waals surface area contributed by atoms with Gasteiger partial charge in [0.1, 0.15) is 0 Å². The molecule has 0 fully saturated rings. The van der Waals surface area contributed by atoms with Crippen LogP contribution in [0.5, 0.6) is 0 Å². The first-order valence-corrected chi connectivity index (χ1v) is 5.45. The number of hydrogen-bond acceptors (Lipinski definition) is 2. The smallest absolute Gasteiger partial charge is 0.358 e. The molecule has 6 heteroatoms. The van der Waals surface area contributed by atoms with Crippen LogP contribution < -0.4 is 0 Å². The molecule has 0 amide bonds. The molecule has 0 bridgehead atoms. The minimum absolute atomic E-state index is 0.267. The van der Waals surface area contributed by atoms with E-state index in [9.17, 15) is 4.79 Å². The van der Waals surface area contributed by atoms with Crippen molar-refractivity contribution in [3.05, 3.63) is 0 Å². The van der Waals surface area contributed by atoms with Gasteiger partial charge in [-0.1, -0.05) is 34.8 Å². The third-order valence-corrected chi connectivity index (χ3v) is 1.97. The van der Waals surface area contributed by atoms with Crippen LogP contribution in [-0.4, -0.2) is 22.2 Å². The molecule has 0 saturated carbocycles. The van der Waals surface area contributed by atoms with Gasteiger partial charge >= 0.3 is 5.97 Å². The lowest BCUT2D eigenvalue weighted by molar-refractivity contribution is -0.142. The van der Waals surface area contributed by atoms with Crippen molar-refractivity contribution >= 4 is 52.4 Å². The average molecular weight is 268 g/mol. The first kappa shape index (κ1) is 13.6. The summed E-state index contributed by atoms with van der Waals surface area (Å²) in [6, 6.07) is 0. The molecule has 0 aliphatic heterocycles. The second-order valence-electron chi connectivity index (χ2n) is 2.38. The number of hydrogen-bond donors (Lipinski definition) is 0. The predicted octanol–water partition coefficient (Wildman–Crippen LogP) is 3.31.